The van der Waals surface area contributed by atoms with Crippen molar-refractivity contribution >= 4 is 40.6 Å². The van der Waals surface area contributed by atoms with E-state index in [9.17, 15) is 9.59 Å². The third-order valence-electron chi connectivity index (χ3n) is 7.47. The van der Waals surface area contributed by atoms with E-state index in [1.54, 1.807) is 18.3 Å². The molecule has 1 aliphatic rings. The van der Waals surface area contributed by atoms with Crippen molar-refractivity contribution in [1.82, 2.24) is 14.9 Å². The number of carbonyl (C=O) groups is 2. The summed E-state index contributed by atoms with van der Waals surface area (Å²) in [6.45, 7) is 6.09. The van der Waals surface area contributed by atoms with Gasteiger partial charge in [-0.2, -0.15) is 0 Å². The lowest BCUT2D eigenvalue weighted by Crippen LogP contribution is -2.29. The SMILES string of the molecule is COCC(=O)Nc1ccc(N2C(=S)N[C@@H](c3ccccn3)[C@H]2c2cc(C)n(-c3ccc(C(=O)OC)cc3)c2C)cc1C. The number of benzene rings is 2. The van der Waals surface area contributed by atoms with Crippen molar-refractivity contribution in [3.8, 4) is 5.69 Å². The van der Waals surface area contributed by atoms with Crippen LogP contribution in [0.25, 0.3) is 5.69 Å². The van der Waals surface area contributed by atoms with Gasteiger partial charge in [-0.3, -0.25) is 9.78 Å². The zero-order valence-corrected chi connectivity index (χ0v) is 25.0. The van der Waals surface area contributed by atoms with Gasteiger partial charge in [0.05, 0.1) is 30.5 Å². The molecule has 0 radical (unpaired) electrons. The first-order valence-corrected chi connectivity index (χ1v) is 13.9. The normalized spacial score (nSPS) is 16.3. The van der Waals surface area contributed by atoms with Crippen LogP contribution < -0.4 is 15.5 Å². The van der Waals surface area contributed by atoms with Gasteiger partial charge in [0.25, 0.3) is 0 Å². The van der Waals surface area contributed by atoms with Gasteiger partial charge in [-0.1, -0.05) is 6.07 Å². The molecule has 0 spiro atoms. The number of nitrogens with one attached hydrogen (secondary N) is 2. The van der Waals surface area contributed by atoms with E-state index in [2.05, 4.69) is 45.0 Å². The van der Waals surface area contributed by atoms with E-state index in [0.29, 0.717) is 16.4 Å². The first kappa shape index (κ1) is 29.0. The molecular formula is C32H33N5O4S. The molecule has 0 unspecified atom stereocenters. The Hall–Kier alpha value is -4.54. The van der Waals surface area contributed by atoms with Gasteiger partial charge < -0.3 is 29.6 Å². The molecule has 2 N–H and O–H groups in total. The number of carbonyl (C=O) groups excluding carboxylic acids is 2. The lowest BCUT2D eigenvalue weighted by atomic mass is 9.96. The zero-order chi connectivity index (χ0) is 30.0. The number of anilines is 2. The molecule has 0 saturated carbocycles. The number of amides is 1. The van der Waals surface area contributed by atoms with E-state index in [1.165, 1.54) is 14.2 Å². The minimum absolute atomic E-state index is 0.0177. The maximum atomic E-state index is 12.1. The number of aryl methyl sites for hydroxylation is 2. The van der Waals surface area contributed by atoms with E-state index in [4.69, 9.17) is 21.7 Å². The van der Waals surface area contributed by atoms with Crippen molar-refractivity contribution in [2.45, 2.75) is 32.9 Å². The first-order chi connectivity index (χ1) is 20.2. The van der Waals surface area contributed by atoms with E-state index >= 15 is 0 Å². The number of esters is 1. The first-order valence-electron chi connectivity index (χ1n) is 13.5. The van der Waals surface area contributed by atoms with Crippen LogP contribution in [-0.4, -0.2) is 47.4 Å². The molecule has 9 nitrogen and oxygen atoms in total. The van der Waals surface area contributed by atoms with Gasteiger partial charge in [0, 0.05) is 41.8 Å². The molecule has 0 bridgehead atoms. The Bertz CT molecular complexity index is 1630. The summed E-state index contributed by atoms with van der Waals surface area (Å²) in [7, 11) is 2.86. The van der Waals surface area contributed by atoms with E-state index in [-0.39, 0.29) is 30.6 Å². The lowest BCUT2D eigenvalue weighted by molar-refractivity contribution is -0.119. The Balaban J connectivity index is 1.58. The summed E-state index contributed by atoms with van der Waals surface area (Å²) < 4.78 is 12.0. The summed E-state index contributed by atoms with van der Waals surface area (Å²) in [6.07, 6.45) is 1.79. The predicted molar refractivity (Wildman–Crippen MR) is 166 cm³/mol. The van der Waals surface area contributed by atoms with Crippen LogP contribution in [-0.2, 0) is 14.3 Å². The summed E-state index contributed by atoms with van der Waals surface area (Å²) in [5, 5.41) is 7.00. The van der Waals surface area contributed by atoms with E-state index in [1.807, 2.05) is 55.5 Å². The quantitative estimate of drug-likeness (QED) is 0.212. The Morgan fingerprint density at radius 2 is 1.74 bits per heavy atom. The molecule has 1 fully saturated rings. The number of rotatable bonds is 8. The summed E-state index contributed by atoms with van der Waals surface area (Å²) in [5.74, 6) is -0.589. The summed E-state index contributed by atoms with van der Waals surface area (Å²) >= 11 is 5.93. The van der Waals surface area contributed by atoms with E-state index in [0.717, 1.165) is 39.6 Å². The van der Waals surface area contributed by atoms with Crippen LogP contribution in [0.1, 0.15) is 50.7 Å². The van der Waals surface area contributed by atoms with Crippen LogP contribution in [0.4, 0.5) is 11.4 Å². The standard InChI is InChI=1S/C32H33N5O4S/c1-19-16-24(13-14-26(19)34-28(38)18-40-4)37-30(29(35-32(37)42)27-8-6-7-15-33-27)25-17-20(2)36(21(25)3)23-11-9-22(10-12-23)31(39)41-5/h6-17,29-30H,18H2,1-5H3,(H,34,38)(H,35,42)/t29-,30+/m0/s1. The van der Waals surface area contributed by atoms with E-state index < -0.39 is 0 Å². The molecule has 4 aromatic rings. The van der Waals surface area contributed by atoms with Crippen molar-refractivity contribution in [3.05, 3.63) is 107 Å². The Morgan fingerprint density at radius 3 is 2.38 bits per heavy atom. The number of aromatic nitrogens is 2. The molecule has 216 valence electrons. The summed E-state index contributed by atoms with van der Waals surface area (Å²) in [4.78, 5) is 30.9. The third-order valence-corrected chi connectivity index (χ3v) is 7.79. The molecule has 2 aromatic heterocycles. The molecule has 42 heavy (non-hydrogen) atoms. The van der Waals surface area contributed by atoms with Gasteiger partial charge in [0.1, 0.15) is 6.61 Å². The van der Waals surface area contributed by atoms with Gasteiger partial charge in [-0.05, 0) is 105 Å². The van der Waals surface area contributed by atoms with Crippen LogP contribution in [0.15, 0.2) is 72.9 Å². The van der Waals surface area contributed by atoms with Crippen molar-refractivity contribution in [1.29, 1.82) is 0 Å². The van der Waals surface area contributed by atoms with Gasteiger partial charge in [-0.25, -0.2) is 4.79 Å². The highest BCUT2D eigenvalue weighted by atomic mass is 32.1. The highest BCUT2D eigenvalue weighted by molar-refractivity contribution is 7.80. The highest BCUT2D eigenvalue weighted by Gasteiger charge is 2.42. The van der Waals surface area contributed by atoms with Gasteiger partial charge in [0.2, 0.25) is 5.91 Å². The molecule has 1 aliphatic heterocycles. The lowest BCUT2D eigenvalue weighted by Gasteiger charge is -2.29. The second-order valence-corrected chi connectivity index (χ2v) is 10.6. The number of pyridine rings is 1. The third kappa shape index (κ3) is 5.50. The van der Waals surface area contributed by atoms with Crippen molar-refractivity contribution in [2.75, 3.05) is 31.0 Å². The highest BCUT2D eigenvalue weighted by Crippen LogP contribution is 2.44. The molecule has 5 rings (SSSR count). The Morgan fingerprint density at radius 1 is 1.00 bits per heavy atom. The van der Waals surface area contributed by atoms with Gasteiger partial charge in [-0.15, -0.1) is 0 Å². The van der Waals surface area contributed by atoms with Crippen LogP contribution >= 0.6 is 12.2 Å². The second-order valence-electron chi connectivity index (χ2n) is 10.2. The molecule has 3 heterocycles. The largest absolute Gasteiger partial charge is 0.465 e. The average Bonchev–Trinajstić information content (AvgIpc) is 3.49. The van der Waals surface area contributed by atoms with Crippen LogP contribution in [0, 0.1) is 20.8 Å². The predicted octanol–water partition coefficient (Wildman–Crippen LogP) is 5.35. The summed E-state index contributed by atoms with van der Waals surface area (Å²) in [6, 6.07) is 20.9. The Labute approximate surface area is 250 Å². The monoisotopic (exact) mass is 583 g/mol. The smallest absolute Gasteiger partial charge is 0.337 e. The van der Waals surface area contributed by atoms with Crippen LogP contribution in [0.3, 0.4) is 0 Å². The van der Waals surface area contributed by atoms with Crippen LogP contribution in [0.2, 0.25) is 0 Å². The minimum atomic E-state index is -0.373. The minimum Gasteiger partial charge on any atom is -0.465 e. The number of thiocarbonyl (C=S) groups is 1. The summed E-state index contributed by atoms with van der Waals surface area (Å²) in [5.41, 5.74) is 7.98. The Kier molecular flexibility index (Phi) is 8.37. The van der Waals surface area contributed by atoms with Crippen molar-refractivity contribution in [2.24, 2.45) is 0 Å². The fraction of sp³-hybridized carbons (Fsp3) is 0.250. The van der Waals surface area contributed by atoms with Gasteiger partial charge >= 0.3 is 5.97 Å². The topological polar surface area (TPSA) is 97.7 Å². The van der Waals surface area contributed by atoms with Gasteiger partial charge in [0.15, 0.2) is 5.11 Å². The molecule has 0 aliphatic carbocycles. The fourth-order valence-electron chi connectivity index (χ4n) is 5.55. The number of ether oxygens (including phenoxy) is 2. The molecule has 1 saturated heterocycles. The number of hydrogen-bond donors (Lipinski definition) is 2. The maximum Gasteiger partial charge on any atom is 0.337 e. The molecule has 1 amide bonds. The molecule has 10 heteroatoms. The second kappa shape index (κ2) is 12.1. The molecule has 2 atom stereocenters. The zero-order valence-electron chi connectivity index (χ0n) is 24.2. The molecule has 2 aromatic carbocycles. The van der Waals surface area contributed by atoms with Crippen LogP contribution in [0.5, 0.6) is 0 Å². The fourth-order valence-corrected chi connectivity index (χ4v) is 5.90. The number of hydrogen-bond acceptors (Lipinski definition) is 6. The average molecular weight is 584 g/mol. The number of nitrogens with zero attached hydrogens (tertiary/aromatic N) is 3. The van der Waals surface area contributed by atoms with Crippen molar-refractivity contribution < 1.29 is 19.1 Å². The number of methoxy groups -OCH3 is 2. The maximum absolute atomic E-state index is 12.1. The van der Waals surface area contributed by atoms with Crippen molar-refractivity contribution in [3.63, 3.8) is 0 Å². The molecular weight excluding hydrogens is 550 g/mol.